The summed E-state index contributed by atoms with van der Waals surface area (Å²) >= 11 is 0. The molecule has 3 rings (SSSR count). The summed E-state index contributed by atoms with van der Waals surface area (Å²) in [6, 6.07) is 19.5. The maximum atomic E-state index is 5.22. The fourth-order valence-electron chi connectivity index (χ4n) is 3.19. The van der Waals surface area contributed by atoms with Crippen LogP contribution in [-0.4, -0.2) is 7.11 Å². The van der Waals surface area contributed by atoms with Gasteiger partial charge in [-0.3, -0.25) is 0 Å². The Labute approximate surface area is 115 Å². The first-order valence-corrected chi connectivity index (χ1v) is 7.05. The molecule has 1 nitrogen and oxygen atoms in total. The summed E-state index contributed by atoms with van der Waals surface area (Å²) in [4.78, 5) is 0. The van der Waals surface area contributed by atoms with Gasteiger partial charge in [-0.2, -0.15) is 0 Å². The Morgan fingerprint density at radius 1 is 0.789 bits per heavy atom. The molecule has 0 N–H and O–H groups in total. The van der Waals surface area contributed by atoms with Crippen LogP contribution < -0.4 is 4.74 Å². The molecule has 0 saturated heterocycles. The Balaban J connectivity index is 1.71. The molecule has 1 aliphatic rings. The number of rotatable bonds is 3. The predicted molar refractivity (Wildman–Crippen MR) is 78.8 cm³/mol. The van der Waals surface area contributed by atoms with E-state index in [1.54, 1.807) is 7.11 Å². The van der Waals surface area contributed by atoms with Gasteiger partial charge in [0.05, 0.1) is 7.11 Å². The minimum atomic E-state index is 0.705. The normalized spacial score (nSPS) is 22.4. The lowest BCUT2D eigenvalue weighted by molar-refractivity contribution is 0.414. The van der Waals surface area contributed by atoms with Gasteiger partial charge in [0, 0.05) is 0 Å². The van der Waals surface area contributed by atoms with E-state index in [0.717, 1.165) is 11.7 Å². The van der Waals surface area contributed by atoms with Crippen LogP contribution >= 0.6 is 0 Å². The fraction of sp³-hybridized carbons (Fsp3) is 0.333. The molecule has 1 fully saturated rings. The first kappa shape index (κ1) is 12.3. The number of ether oxygens (including phenoxy) is 1. The molecular weight excluding hydrogens is 232 g/mol. The van der Waals surface area contributed by atoms with E-state index in [9.17, 15) is 0 Å². The molecule has 2 unspecified atom stereocenters. The Kier molecular flexibility index (Phi) is 3.54. The zero-order valence-electron chi connectivity index (χ0n) is 11.4. The van der Waals surface area contributed by atoms with E-state index in [1.165, 1.54) is 30.4 Å². The van der Waals surface area contributed by atoms with Crippen molar-refractivity contribution < 1.29 is 4.74 Å². The molecule has 1 heteroatoms. The highest BCUT2D eigenvalue weighted by molar-refractivity contribution is 5.31. The third-order valence-electron chi connectivity index (χ3n) is 4.29. The molecule has 2 atom stereocenters. The van der Waals surface area contributed by atoms with E-state index >= 15 is 0 Å². The monoisotopic (exact) mass is 252 g/mol. The van der Waals surface area contributed by atoms with Crippen molar-refractivity contribution in [1.29, 1.82) is 0 Å². The highest BCUT2D eigenvalue weighted by Crippen LogP contribution is 2.43. The lowest BCUT2D eigenvalue weighted by atomic mass is 9.93. The zero-order valence-corrected chi connectivity index (χ0v) is 11.4. The lowest BCUT2D eigenvalue weighted by Gasteiger charge is -2.12. The van der Waals surface area contributed by atoms with Crippen molar-refractivity contribution in [3.8, 4) is 5.75 Å². The summed E-state index contributed by atoms with van der Waals surface area (Å²) in [5, 5.41) is 0. The first-order valence-electron chi connectivity index (χ1n) is 7.05. The maximum absolute atomic E-state index is 5.22. The van der Waals surface area contributed by atoms with Crippen LogP contribution in [0.2, 0.25) is 0 Å². The molecule has 2 aromatic carbocycles. The molecule has 0 amide bonds. The van der Waals surface area contributed by atoms with E-state index in [-0.39, 0.29) is 0 Å². The van der Waals surface area contributed by atoms with Crippen LogP contribution in [0, 0.1) is 0 Å². The van der Waals surface area contributed by atoms with Crippen LogP contribution in [0.1, 0.15) is 42.2 Å². The van der Waals surface area contributed by atoms with Crippen LogP contribution in [0.4, 0.5) is 0 Å². The molecular formula is C18H20O. The zero-order chi connectivity index (χ0) is 13.1. The Hall–Kier alpha value is -1.76. The van der Waals surface area contributed by atoms with Crippen molar-refractivity contribution in [3.05, 3.63) is 65.7 Å². The van der Waals surface area contributed by atoms with E-state index < -0.39 is 0 Å². The van der Waals surface area contributed by atoms with Crippen molar-refractivity contribution in [1.82, 2.24) is 0 Å². The highest BCUT2D eigenvalue weighted by atomic mass is 16.5. The minimum absolute atomic E-state index is 0.705. The van der Waals surface area contributed by atoms with Crippen LogP contribution in [0.25, 0.3) is 0 Å². The van der Waals surface area contributed by atoms with Gasteiger partial charge in [-0.1, -0.05) is 42.5 Å². The Morgan fingerprint density at radius 2 is 1.37 bits per heavy atom. The molecule has 0 aliphatic heterocycles. The minimum Gasteiger partial charge on any atom is -0.497 e. The van der Waals surface area contributed by atoms with E-state index in [2.05, 4.69) is 54.6 Å². The molecule has 19 heavy (non-hydrogen) atoms. The standard InChI is InChI=1S/C18H20O/c1-19-18-11-9-15(10-12-18)17-8-7-16(13-17)14-5-3-2-4-6-14/h2-6,9-12,16-17H,7-8,13H2,1H3. The first-order chi connectivity index (χ1) is 9.36. The van der Waals surface area contributed by atoms with Crippen molar-refractivity contribution in [2.24, 2.45) is 0 Å². The average Bonchev–Trinajstić information content (AvgIpc) is 2.98. The highest BCUT2D eigenvalue weighted by Gasteiger charge is 2.26. The molecule has 98 valence electrons. The van der Waals surface area contributed by atoms with Crippen LogP contribution in [-0.2, 0) is 0 Å². The molecule has 0 spiro atoms. The SMILES string of the molecule is COc1ccc(C2CCC(c3ccccc3)C2)cc1. The van der Waals surface area contributed by atoms with E-state index in [1.807, 2.05) is 0 Å². The number of hydrogen-bond acceptors (Lipinski definition) is 1. The van der Waals surface area contributed by atoms with Gasteiger partial charge in [0.1, 0.15) is 5.75 Å². The number of methoxy groups -OCH3 is 1. The van der Waals surface area contributed by atoms with Gasteiger partial charge < -0.3 is 4.74 Å². The molecule has 1 aliphatic carbocycles. The summed E-state index contributed by atoms with van der Waals surface area (Å²) in [5.74, 6) is 2.38. The third-order valence-corrected chi connectivity index (χ3v) is 4.29. The smallest absolute Gasteiger partial charge is 0.118 e. The quantitative estimate of drug-likeness (QED) is 0.766. The predicted octanol–water partition coefficient (Wildman–Crippen LogP) is 4.75. The van der Waals surface area contributed by atoms with Gasteiger partial charge in [0.25, 0.3) is 0 Å². The van der Waals surface area contributed by atoms with Crippen LogP contribution in [0.15, 0.2) is 54.6 Å². The van der Waals surface area contributed by atoms with Crippen molar-refractivity contribution in [2.75, 3.05) is 7.11 Å². The molecule has 0 radical (unpaired) electrons. The van der Waals surface area contributed by atoms with Crippen molar-refractivity contribution in [2.45, 2.75) is 31.1 Å². The Bertz CT molecular complexity index is 515. The summed E-state index contributed by atoms with van der Waals surface area (Å²) in [5.41, 5.74) is 2.96. The number of benzene rings is 2. The summed E-state index contributed by atoms with van der Waals surface area (Å²) in [6.07, 6.45) is 3.88. The Morgan fingerprint density at radius 3 is 1.95 bits per heavy atom. The van der Waals surface area contributed by atoms with Gasteiger partial charge in [-0.25, -0.2) is 0 Å². The molecule has 0 aromatic heterocycles. The maximum Gasteiger partial charge on any atom is 0.118 e. The van der Waals surface area contributed by atoms with E-state index in [0.29, 0.717) is 5.92 Å². The molecule has 2 aromatic rings. The van der Waals surface area contributed by atoms with Crippen molar-refractivity contribution >= 4 is 0 Å². The second-order valence-electron chi connectivity index (χ2n) is 5.39. The van der Waals surface area contributed by atoms with Crippen molar-refractivity contribution in [3.63, 3.8) is 0 Å². The lowest BCUT2D eigenvalue weighted by Crippen LogP contribution is -1.95. The molecule has 1 saturated carbocycles. The van der Waals surface area contributed by atoms with Gasteiger partial charge in [-0.05, 0) is 54.4 Å². The topological polar surface area (TPSA) is 9.23 Å². The molecule has 0 bridgehead atoms. The third kappa shape index (κ3) is 2.65. The van der Waals surface area contributed by atoms with Gasteiger partial charge in [0.2, 0.25) is 0 Å². The molecule has 0 heterocycles. The van der Waals surface area contributed by atoms with Crippen LogP contribution in [0.3, 0.4) is 0 Å². The van der Waals surface area contributed by atoms with Gasteiger partial charge in [-0.15, -0.1) is 0 Å². The van der Waals surface area contributed by atoms with Crippen LogP contribution in [0.5, 0.6) is 5.75 Å². The van der Waals surface area contributed by atoms with Gasteiger partial charge in [0.15, 0.2) is 0 Å². The second-order valence-corrected chi connectivity index (χ2v) is 5.39. The average molecular weight is 252 g/mol. The second kappa shape index (κ2) is 5.48. The summed E-state index contributed by atoms with van der Waals surface area (Å²) in [6.45, 7) is 0. The fourth-order valence-corrected chi connectivity index (χ4v) is 3.19. The summed E-state index contributed by atoms with van der Waals surface area (Å²) < 4.78 is 5.22. The van der Waals surface area contributed by atoms with Gasteiger partial charge >= 0.3 is 0 Å². The largest absolute Gasteiger partial charge is 0.497 e. The number of hydrogen-bond donors (Lipinski definition) is 0. The summed E-state index contributed by atoms with van der Waals surface area (Å²) in [7, 11) is 1.72. The van der Waals surface area contributed by atoms with E-state index in [4.69, 9.17) is 4.74 Å².